The number of imidazole rings is 1. The lowest BCUT2D eigenvalue weighted by molar-refractivity contribution is -0.140. The molecule has 3 aromatic rings. The highest BCUT2D eigenvalue weighted by Crippen LogP contribution is 2.35. The van der Waals surface area contributed by atoms with Gasteiger partial charge in [0.1, 0.15) is 0 Å². The molecule has 0 unspecified atom stereocenters. The van der Waals surface area contributed by atoms with Crippen molar-refractivity contribution in [2.24, 2.45) is 5.92 Å². The van der Waals surface area contributed by atoms with Crippen LogP contribution >= 0.6 is 0 Å². The normalized spacial score (nSPS) is 18.7. The summed E-state index contributed by atoms with van der Waals surface area (Å²) in [5.41, 5.74) is 5.39. The van der Waals surface area contributed by atoms with Crippen LogP contribution in [0.15, 0.2) is 42.5 Å². The molecule has 5 rings (SSSR count). The van der Waals surface area contributed by atoms with E-state index in [9.17, 15) is 14.7 Å². The van der Waals surface area contributed by atoms with Crippen LogP contribution in [0.5, 0.6) is 0 Å². The first-order valence-electron chi connectivity index (χ1n) is 11.8. The highest BCUT2D eigenvalue weighted by molar-refractivity contribution is 5.85. The second-order valence-electron chi connectivity index (χ2n) is 9.30. The largest absolute Gasteiger partial charge is 0.481 e. The molecule has 8 heteroatoms. The number of methoxy groups -OCH3 is 1. The number of carboxylic acids is 1. The van der Waals surface area contributed by atoms with E-state index in [0.29, 0.717) is 32.6 Å². The Morgan fingerprint density at radius 2 is 1.97 bits per heavy atom. The lowest BCUT2D eigenvalue weighted by atomic mass is 9.98. The van der Waals surface area contributed by atoms with Gasteiger partial charge in [0.2, 0.25) is 5.95 Å². The first kappa shape index (κ1) is 22.3. The number of rotatable bonds is 5. The van der Waals surface area contributed by atoms with Crippen LogP contribution in [0, 0.1) is 5.92 Å². The van der Waals surface area contributed by atoms with Gasteiger partial charge in [0.05, 0.1) is 30.6 Å². The number of benzene rings is 2. The zero-order chi connectivity index (χ0) is 23.8. The number of carbonyl (C=O) groups excluding carboxylic acids is 1. The van der Waals surface area contributed by atoms with E-state index in [4.69, 9.17) is 9.72 Å². The molecule has 0 aliphatic carbocycles. The summed E-state index contributed by atoms with van der Waals surface area (Å²) >= 11 is 0. The van der Waals surface area contributed by atoms with Gasteiger partial charge < -0.3 is 24.2 Å². The minimum Gasteiger partial charge on any atom is -0.481 e. The van der Waals surface area contributed by atoms with Crippen LogP contribution in [-0.4, -0.2) is 58.4 Å². The molecule has 0 saturated carbocycles. The third-order valence-corrected chi connectivity index (χ3v) is 7.11. The Labute approximate surface area is 198 Å². The fourth-order valence-electron chi connectivity index (χ4n) is 5.32. The van der Waals surface area contributed by atoms with E-state index >= 15 is 0 Å². The number of hydrogen-bond donors (Lipinski definition) is 1. The van der Waals surface area contributed by atoms with Crippen LogP contribution in [0.25, 0.3) is 11.0 Å². The molecule has 34 heavy (non-hydrogen) atoms. The van der Waals surface area contributed by atoms with Crippen molar-refractivity contribution >= 4 is 29.0 Å². The number of ether oxygens (including phenoxy) is 1. The van der Waals surface area contributed by atoms with Gasteiger partial charge in [-0.3, -0.25) is 4.79 Å². The van der Waals surface area contributed by atoms with Crippen molar-refractivity contribution in [1.29, 1.82) is 0 Å². The molecule has 1 N–H and O–H groups in total. The number of carboxylic acid groups (broad SMARTS) is 1. The van der Waals surface area contributed by atoms with Crippen molar-refractivity contribution in [2.75, 3.05) is 31.6 Å². The minimum absolute atomic E-state index is 0.115. The second-order valence-corrected chi connectivity index (χ2v) is 9.30. The first-order valence-corrected chi connectivity index (χ1v) is 11.8. The fraction of sp³-hybridized carbons (Fsp3) is 0.423. The third kappa shape index (κ3) is 3.97. The minimum atomic E-state index is -0.756. The standard InChI is InChI=1S/C26H30N4O4/c1-17(14-18-6-4-3-5-7-18)30-22-9-8-19-10-13-29(26(33)34-2)16-21(19)23(22)27-25(30)28-12-11-20(15-28)24(31)32/h3-9,17,20H,10-16H2,1-2H3,(H,31,32)/t17-,20-/m0/s1. The van der Waals surface area contributed by atoms with Gasteiger partial charge in [-0.15, -0.1) is 0 Å². The number of aromatic nitrogens is 2. The zero-order valence-electron chi connectivity index (χ0n) is 19.6. The smallest absolute Gasteiger partial charge is 0.409 e. The van der Waals surface area contributed by atoms with E-state index in [0.717, 1.165) is 35.4 Å². The molecule has 2 aliphatic rings. The predicted molar refractivity (Wildman–Crippen MR) is 129 cm³/mol. The van der Waals surface area contributed by atoms with E-state index in [-0.39, 0.29) is 18.1 Å². The molecule has 2 aliphatic heterocycles. The van der Waals surface area contributed by atoms with Crippen molar-refractivity contribution in [3.63, 3.8) is 0 Å². The van der Waals surface area contributed by atoms with Crippen molar-refractivity contribution in [3.8, 4) is 0 Å². The molecule has 1 saturated heterocycles. The zero-order valence-corrected chi connectivity index (χ0v) is 19.6. The van der Waals surface area contributed by atoms with Crippen molar-refractivity contribution in [3.05, 3.63) is 59.2 Å². The third-order valence-electron chi connectivity index (χ3n) is 7.11. The Bertz CT molecular complexity index is 1220. The number of amides is 1. The van der Waals surface area contributed by atoms with Gasteiger partial charge in [0.25, 0.3) is 0 Å². The van der Waals surface area contributed by atoms with E-state index in [1.807, 2.05) is 18.2 Å². The maximum absolute atomic E-state index is 12.2. The number of anilines is 1. The topological polar surface area (TPSA) is 87.9 Å². The van der Waals surface area contributed by atoms with E-state index in [2.05, 4.69) is 40.7 Å². The molecule has 2 atom stereocenters. The molecule has 8 nitrogen and oxygen atoms in total. The first-order chi connectivity index (χ1) is 16.5. The van der Waals surface area contributed by atoms with Crippen molar-refractivity contribution < 1.29 is 19.4 Å². The van der Waals surface area contributed by atoms with Crippen LogP contribution < -0.4 is 4.90 Å². The monoisotopic (exact) mass is 462 g/mol. The number of fused-ring (bicyclic) bond motifs is 3. The van der Waals surface area contributed by atoms with Crippen LogP contribution in [0.2, 0.25) is 0 Å². The summed E-state index contributed by atoms with van der Waals surface area (Å²) in [6.45, 7) is 4.38. The van der Waals surface area contributed by atoms with E-state index in [1.54, 1.807) is 4.90 Å². The molecule has 1 fully saturated rings. The van der Waals surface area contributed by atoms with Gasteiger partial charge in [0.15, 0.2) is 0 Å². The van der Waals surface area contributed by atoms with Crippen LogP contribution in [0.4, 0.5) is 10.7 Å². The molecular weight excluding hydrogens is 432 g/mol. The summed E-state index contributed by atoms with van der Waals surface area (Å²) < 4.78 is 7.22. The van der Waals surface area contributed by atoms with Crippen LogP contribution in [-0.2, 0) is 28.9 Å². The Morgan fingerprint density at radius 1 is 1.18 bits per heavy atom. The molecule has 0 radical (unpaired) electrons. The quantitative estimate of drug-likeness (QED) is 0.619. The fourth-order valence-corrected chi connectivity index (χ4v) is 5.32. The average Bonchev–Trinajstić information content (AvgIpc) is 3.49. The van der Waals surface area contributed by atoms with Gasteiger partial charge in [-0.1, -0.05) is 36.4 Å². The van der Waals surface area contributed by atoms with Crippen molar-refractivity contribution in [2.45, 2.75) is 38.8 Å². The number of aliphatic carboxylic acids is 1. The molecule has 1 amide bonds. The Morgan fingerprint density at radius 3 is 2.68 bits per heavy atom. The molecule has 0 bridgehead atoms. The number of hydrogen-bond acceptors (Lipinski definition) is 5. The van der Waals surface area contributed by atoms with E-state index < -0.39 is 5.97 Å². The summed E-state index contributed by atoms with van der Waals surface area (Å²) in [6.07, 6.45) is 1.87. The second kappa shape index (κ2) is 9.00. The molecule has 0 spiro atoms. The Hall–Kier alpha value is -3.55. The van der Waals surface area contributed by atoms with Gasteiger partial charge in [-0.05, 0) is 43.4 Å². The van der Waals surface area contributed by atoms with Crippen LogP contribution in [0.1, 0.15) is 36.1 Å². The molecule has 178 valence electrons. The molecule has 3 heterocycles. The molecule has 2 aromatic carbocycles. The lowest BCUT2D eigenvalue weighted by Crippen LogP contribution is -2.35. The lowest BCUT2D eigenvalue weighted by Gasteiger charge is -2.28. The molecular formula is C26H30N4O4. The molecule has 1 aromatic heterocycles. The van der Waals surface area contributed by atoms with Gasteiger partial charge in [-0.2, -0.15) is 0 Å². The van der Waals surface area contributed by atoms with Gasteiger partial charge in [0, 0.05) is 31.2 Å². The summed E-state index contributed by atoms with van der Waals surface area (Å²) in [7, 11) is 1.41. The number of nitrogens with zero attached hydrogens (tertiary/aromatic N) is 4. The van der Waals surface area contributed by atoms with Crippen molar-refractivity contribution in [1.82, 2.24) is 14.5 Å². The summed E-state index contributed by atoms with van der Waals surface area (Å²) in [6, 6.07) is 14.8. The average molecular weight is 463 g/mol. The summed E-state index contributed by atoms with van der Waals surface area (Å²) in [4.78, 5) is 32.8. The summed E-state index contributed by atoms with van der Waals surface area (Å²) in [5.74, 6) is -0.333. The summed E-state index contributed by atoms with van der Waals surface area (Å²) in [5, 5.41) is 9.55. The van der Waals surface area contributed by atoms with E-state index in [1.165, 1.54) is 18.2 Å². The predicted octanol–water partition coefficient (Wildman–Crippen LogP) is 3.88. The van der Waals surface area contributed by atoms with Gasteiger partial charge in [-0.25, -0.2) is 9.78 Å². The van der Waals surface area contributed by atoms with Gasteiger partial charge >= 0.3 is 12.1 Å². The Kier molecular flexibility index (Phi) is 5.89. The maximum atomic E-state index is 12.2. The van der Waals surface area contributed by atoms with Crippen LogP contribution in [0.3, 0.4) is 0 Å². The Balaban J connectivity index is 1.59. The maximum Gasteiger partial charge on any atom is 0.409 e. The SMILES string of the molecule is COC(=O)N1CCc2ccc3c(nc(N4CC[C@H](C(=O)O)C4)n3[C@@H](C)Cc3ccccc3)c2C1. The highest BCUT2D eigenvalue weighted by atomic mass is 16.5. The number of carbonyl (C=O) groups is 2. The highest BCUT2D eigenvalue weighted by Gasteiger charge is 2.33.